The summed E-state index contributed by atoms with van der Waals surface area (Å²) in [6, 6.07) is 1.40. The summed E-state index contributed by atoms with van der Waals surface area (Å²) in [5, 5.41) is 12.5. The van der Waals surface area contributed by atoms with Gasteiger partial charge in [0.2, 0.25) is 0 Å². The minimum absolute atomic E-state index is 0.101. The summed E-state index contributed by atoms with van der Waals surface area (Å²) in [5.74, 6) is -0.674. The normalized spacial score (nSPS) is 17.6. The standard InChI is InChI=1S/C11H15ClFN3O/c12-8-6(14)4-7(15)10(9(8)13)16-5-11(17)2-1-3-11/h4,16-17H,1-3,5,14-15H2. The number of benzene rings is 1. The molecule has 6 N–H and O–H groups in total. The van der Waals surface area contributed by atoms with E-state index in [4.69, 9.17) is 23.1 Å². The number of halogens is 2. The zero-order valence-corrected chi connectivity index (χ0v) is 10.0. The predicted octanol–water partition coefficient (Wildman–Crippen LogP) is 1.97. The highest BCUT2D eigenvalue weighted by Crippen LogP contribution is 2.36. The average molecular weight is 260 g/mol. The lowest BCUT2D eigenvalue weighted by Crippen LogP contribution is -2.43. The number of anilines is 3. The number of rotatable bonds is 3. The van der Waals surface area contributed by atoms with E-state index in [9.17, 15) is 9.50 Å². The number of nitrogen functional groups attached to an aromatic ring is 2. The van der Waals surface area contributed by atoms with E-state index in [2.05, 4.69) is 5.32 Å². The quantitative estimate of drug-likeness (QED) is 0.626. The first kappa shape index (κ1) is 12.3. The van der Waals surface area contributed by atoms with E-state index in [-0.39, 0.29) is 28.6 Å². The predicted molar refractivity (Wildman–Crippen MR) is 67.5 cm³/mol. The van der Waals surface area contributed by atoms with Gasteiger partial charge in [0.15, 0.2) is 5.82 Å². The first-order valence-electron chi connectivity index (χ1n) is 5.42. The Labute approximate surface area is 104 Å². The Hall–Kier alpha value is -1.20. The topological polar surface area (TPSA) is 84.3 Å². The van der Waals surface area contributed by atoms with Crippen LogP contribution in [0.15, 0.2) is 6.07 Å². The number of aliphatic hydroxyl groups is 1. The van der Waals surface area contributed by atoms with Gasteiger partial charge >= 0.3 is 0 Å². The van der Waals surface area contributed by atoms with Crippen LogP contribution in [0.5, 0.6) is 0 Å². The Morgan fingerprint density at radius 1 is 1.41 bits per heavy atom. The van der Waals surface area contributed by atoms with Gasteiger partial charge in [-0.1, -0.05) is 11.6 Å². The van der Waals surface area contributed by atoms with Crippen molar-refractivity contribution in [3.05, 3.63) is 16.9 Å². The molecule has 0 amide bonds. The molecule has 1 aliphatic carbocycles. The Kier molecular flexibility index (Phi) is 3.05. The number of nitrogens with two attached hydrogens (primary N) is 2. The van der Waals surface area contributed by atoms with Crippen LogP contribution in [0, 0.1) is 5.82 Å². The van der Waals surface area contributed by atoms with Crippen molar-refractivity contribution < 1.29 is 9.50 Å². The first-order valence-corrected chi connectivity index (χ1v) is 5.80. The number of hydrogen-bond acceptors (Lipinski definition) is 4. The van der Waals surface area contributed by atoms with Crippen molar-refractivity contribution in [3.8, 4) is 0 Å². The third-order valence-electron chi connectivity index (χ3n) is 3.14. The smallest absolute Gasteiger partial charge is 0.169 e. The maximum atomic E-state index is 13.8. The fourth-order valence-corrected chi connectivity index (χ4v) is 2.01. The molecule has 0 radical (unpaired) electrons. The Morgan fingerprint density at radius 3 is 2.59 bits per heavy atom. The van der Waals surface area contributed by atoms with Crippen molar-refractivity contribution in [3.63, 3.8) is 0 Å². The van der Waals surface area contributed by atoms with E-state index in [1.165, 1.54) is 6.07 Å². The maximum absolute atomic E-state index is 13.8. The molecular formula is C11H15ClFN3O. The molecule has 94 valence electrons. The minimum Gasteiger partial charge on any atom is -0.397 e. The van der Waals surface area contributed by atoms with Crippen molar-refractivity contribution in [2.24, 2.45) is 0 Å². The SMILES string of the molecule is Nc1cc(N)c(NCC2(O)CCC2)c(F)c1Cl. The monoisotopic (exact) mass is 259 g/mol. The summed E-state index contributed by atoms with van der Waals surface area (Å²) >= 11 is 5.69. The lowest BCUT2D eigenvalue weighted by Gasteiger charge is -2.37. The summed E-state index contributed by atoms with van der Waals surface area (Å²) in [6.07, 6.45) is 2.41. The van der Waals surface area contributed by atoms with Crippen LogP contribution in [-0.2, 0) is 0 Å². The molecule has 1 aliphatic rings. The second-order valence-electron chi connectivity index (χ2n) is 4.49. The summed E-state index contributed by atoms with van der Waals surface area (Å²) in [6.45, 7) is 0.258. The van der Waals surface area contributed by atoms with Gasteiger partial charge in [0, 0.05) is 6.54 Å². The molecule has 0 heterocycles. The van der Waals surface area contributed by atoms with Crippen molar-refractivity contribution in [2.75, 3.05) is 23.3 Å². The zero-order valence-electron chi connectivity index (χ0n) is 9.26. The van der Waals surface area contributed by atoms with E-state index in [1.807, 2.05) is 0 Å². The second-order valence-corrected chi connectivity index (χ2v) is 4.87. The molecule has 0 aromatic heterocycles. The Morgan fingerprint density at radius 2 is 2.06 bits per heavy atom. The lowest BCUT2D eigenvalue weighted by molar-refractivity contribution is -0.0202. The highest BCUT2D eigenvalue weighted by atomic mass is 35.5. The fraction of sp³-hybridized carbons (Fsp3) is 0.455. The minimum atomic E-state index is -0.757. The van der Waals surface area contributed by atoms with Gasteiger partial charge in [-0.3, -0.25) is 0 Å². The van der Waals surface area contributed by atoms with Gasteiger partial charge in [-0.05, 0) is 25.3 Å². The average Bonchev–Trinajstić information content (AvgIpc) is 2.23. The van der Waals surface area contributed by atoms with E-state index >= 15 is 0 Å². The highest BCUT2D eigenvalue weighted by Gasteiger charge is 2.34. The van der Waals surface area contributed by atoms with E-state index in [1.54, 1.807) is 0 Å². The van der Waals surface area contributed by atoms with E-state index < -0.39 is 11.4 Å². The van der Waals surface area contributed by atoms with Crippen LogP contribution < -0.4 is 16.8 Å². The van der Waals surface area contributed by atoms with Crippen LogP contribution in [0.1, 0.15) is 19.3 Å². The molecule has 1 aromatic carbocycles. The van der Waals surface area contributed by atoms with Crippen molar-refractivity contribution >= 4 is 28.7 Å². The van der Waals surface area contributed by atoms with E-state index in [0.29, 0.717) is 12.8 Å². The van der Waals surface area contributed by atoms with Crippen LogP contribution >= 0.6 is 11.6 Å². The maximum Gasteiger partial charge on any atom is 0.169 e. The molecule has 6 heteroatoms. The molecule has 17 heavy (non-hydrogen) atoms. The second kappa shape index (κ2) is 4.23. The van der Waals surface area contributed by atoms with Crippen molar-refractivity contribution in [1.82, 2.24) is 0 Å². The van der Waals surface area contributed by atoms with Gasteiger partial charge < -0.3 is 21.9 Å². The lowest BCUT2D eigenvalue weighted by atomic mass is 9.80. The molecule has 4 nitrogen and oxygen atoms in total. The Balaban J connectivity index is 2.18. The highest BCUT2D eigenvalue weighted by molar-refractivity contribution is 6.33. The molecular weight excluding hydrogens is 245 g/mol. The summed E-state index contributed by atoms with van der Waals surface area (Å²) in [4.78, 5) is 0. The van der Waals surface area contributed by atoms with Gasteiger partial charge in [-0.25, -0.2) is 4.39 Å². The van der Waals surface area contributed by atoms with Gasteiger partial charge in [0.05, 0.1) is 22.7 Å². The molecule has 1 saturated carbocycles. The summed E-state index contributed by atoms with van der Waals surface area (Å²) in [7, 11) is 0. The molecule has 0 aliphatic heterocycles. The van der Waals surface area contributed by atoms with Crippen molar-refractivity contribution in [2.45, 2.75) is 24.9 Å². The third kappa shape index (κ3) is 2.25. The van der Waals surface area contributed by atoms with Crippen LogP contribution in [0.25, 0.3) is 0 Å². The van der Waals surface area contributed by atoms with Crippen LogP contribution in [-0.4, -0.2) is 17.3 Å². The molecule has 0 saturated heterocycles. The fourth-order valence-electron chi connectivity index (χ4n) is 1.86. The molecule has 0 bridgehead atoms. The molecule has 2 rings (SSSR count). The molecule has 1 fully saturated rings. The molecule has 0 unspecified atom stereocenters. The van der Waals surface area contributed by atoms with Gasteiger partial charge in [0.1, 0.15) is 5.02 Å². The van der Waals surface area contributed by atoms with E-state index in [0.717, 1.165) is 6.42 Å². The van der Waals surface area contributed by atoms with Gasteiger partial charge in [-0.15, -0.1) is 0 Å². The van der Waals surface area contributed by atoms with Crippen LogP contribution in [0.3, 0.4) is 0 Å². The van der Waals surface area contributed by atoms with Gasteiger partial charge in [-0.2, -0.15) is 0 Å². The van der Waals surface area contributed by atoms with Crippen molar-refractivity contribution in [1.29, 1.82) is 0 Å². The molecule has 0 spiro atoms. The molecule has 1 aromatic rings. The van der Waals surface area contributed by atoms with Crippen LogP contribution in [0.2, 0.25) is 5.02 Å². The largest absolute Gasteiger partial charge is 0.397 e. The Bertz CT molecular complexity index is 449. The third-order valence-corrected chi connectivity index (χ3v) is 3.53. The summed E-state index contributed by atoms with van der Waals surface area (Å²) in [5.41, 5.74) is 10.8. The first-order chi connectivity index (χ1) is 7.93. The van der Waals surface area contributed by atoms with Crippen LogP contribution in [0.4, 0.5) is 21.5 Å². The zero-order chi connectivity index (χ0) is 12.6. The summed E-state index contributed by atoms with van der Waals surface area (Å²) < 4.78 is 13.8. The number of hydrogen-bond donors (Lipinski definition) is 4. The van der Waals surface area contributed by atoms with Gasteiger partial charge in [0.25, 0.3) is 0 Å². The number of nitrogens with one attached hydrogen (secondary N) is 1. The molecule has 0 atom stereocenters.